The lowest BCUT2D eigenvalue weighted by atomic mass is 10.2. The van der Waals surface area contributed by atoms with E-state index in [0.717, 1.165) is 5.69 Å². The van der Waals surface area contributed by atoms with Crippen molar-refractivity contribution in [2.75, 3.05) is 37.4 Å². The van der Waals surface area contributed by atoms with Crippen LogP contribution in [0.4, 0.5) is 11.4 Å². The third-order valence-corrected chi connectivity index (χ3v) is 2.80. The van der Waals surface area contributed by atoms with Crippen molar-refractivity contribution < 1.29 is 9.59 Å². The fourth-order valence-corrected chi connectivity index (χ4v) is 1.74. The number of anilines is 2. The first kappa shape index (κ1) is 16.5. The Balaban J connectivity index is 2.79. The highest BCUT2D eigenvalue weighted by Crippen LogP contribution is 2.17. The normalized spacial score (nSPS) is 9.62. The van der Waals surface area contributed by atoms with Crippen LogP contribution >= 0.6 is 0 Å². The summed E-state index contributed by atoms with van der Waals surface area (Å²) >= 11 is 0. The molecule has 1 N–H and O–H groups in total. The van der Waals surface area contributed by atoms with Crippen LogP contribution < -0.4 is 10.2 Å². The van der Waals surface area contributed by atoms with E-state index in [1.807, 2.05) is 31.1 Å². The molecule has 0 aromatic heterocycles. The number of nitrogens with zero attached hydrogens (tertiary/aromatic N) is 2. The van der Waals surface area contributed by atoms with Gasteiger partial charge in [-0.05, 0) is 18.2 Å². The summed E-state index contributed by atoms with van der Waals surface area (Å²) in [6.45, 7) is 7.75. The maximum Gasteiger partial charge on any atom is 0.313 e. The highest BCUT2D eigenvalue weighted by Gasteiger charge is 2.20. The van der Waals surface area contributed by atoms with Crippen LogP contribution in [0.3, 0.4) is 0 Å². The van der Waals surface area contributed by atoms with Gasteiger partial charge in [0.15, 0.2) is 0 Å². The molecule has 0 aliphatic heterocycles. The zero-order valence-corrected chi connectivity index (χ0v) is 12.5. The largest absolute Gasteiger partial charge is 0.378 e. The van der Waals surface area contributed by atoms with Gasteiger partial charge in [0.25, 0.3) is 0 Å². The average Bonchev–Trinajstić information content (AvgIpc) is 2.46. The summed E-state index contributed by atoms with van der Waals surface area (Å²) in [5.41, 5.74) is 1.52. The molecule has 0 saturated heterocycles. The molecule has 1 rings (SSSR count). The monoisotopic (exact) mass is 287 g/mol. The van der Waals surface area contributed by atoms with Crippen molar-refractivity contribution in [3.8, 4) is 0 Å². The fraction of sp³-hybridized carbons (Fsp3) is 0.250. The molecule has 5 heteroatoms. The van der Waals surface area contributed by atoms with Gasteiger partial charge in [-0.25, -0.2) is 0 Å². The van der Waals surface area contributed by atoms with Crippen LogP contribution in [0.1, 0.15) is 0 Å². The van der Waals surface area contributed by atoms with Crippen LogP contribution in [0.15, 0.2) is 49.6 Å². The lowest BCUT2D eigenvalue weighted by Gasteiger charge is -2.19. The van der Waals surface area contributed by atoms with E-state index < -0.39 is 11.8 Å². The van der Waals surface area contributed by atoms with Crippen LogP contribution in [0.2, 0.25) is 0 Å². The Hall–Kier alpha value is -2.56. The van der Waals surface area contributed by atoms with Gasteiger partial charge in [0.05, 0.1) is 0 Å². The number of hydrogen-bond donors (Lipinski definition) is 1. The summed E-state index contributed by atoms with van der Waals surface area (Å²) in [4.78, 5) is 27.3. The van der Waals surface area contributed by atoms with Crippen molar-refractivity contribution in [3.63, 3.8) is 0 Å². The molecule has 1 aromatic rings. The third-order valence-electron chi connectivity index (χ3n) is 2.80. The summed E-state index contributed by atoms with van der Waals surface area (Å²) < 4.78 is 0. The maximum atomic E-state index is 12.1. The fourth-order valence-electron chi connectivity index (χ4n) is 1.74. The number of carbonyl (C=O) groups excluding carboxylic acids is 2. The van der Waals surface area contributed by atoms with Crippen LogP contribution in [0.5, 0.6) is 0 Å². The molecule has 0 unspecified atom stereocenters. The predicted molar refractivity (Wildman–Crippen MR) is 86.4 cm³/mol. The smallest absolute Gasteiger partial charge is 0.313 e. The topological polar surface area (TPSA) is 52.7 Å². The summed E-state index contributed by atoms with van der Waals surface area (Å²) in [7, 11) is 3.81. The van der Waals surface area contributed by atoms with E-state index in [1.165, 1.54) is 4.90 Å². The number of benzene rings is 1. The Morgan fingerprint density at radius 1 is 1.19 bits per heavy atom. The lowest BCUT2D eigenvalue weighted by molar-refractivity contribution is -0.142. The van der Waals surface area contributed by atoms with E-state index >= 15 is 0 Å². The molecule has 0 radical (unpaired) electrons. The second kappa shape index (κ2) is 7.89. The zero-order valence-electron chi connectivity index (χ0n) is 12.5. The van der Waals surface area contributed by atoms with Crippen molar-refractivity contribution in [1.82, 2.24) is 4.90 Å². The van der Waals surface area contributed by atoms with Crippen LogP contribution in [-0.4, -0.2) is 43.9 Å². The van der Waals surface area contributed by atoms with Gasteiger partial charge in [0, 0.05) is 38.6 Å². The second-order valence-corrected chi connectivity index (χ2v) is 4.69. The molecule has 0 bridgehead atoms. The number of carbonyl (C=O) groups is 2. The second-order valence-electron chi connectivity index (χ2n) is 4.69. The molecular weight excluding hydrogens is 266 g/mol. The molecule has 0 saturated carbocycles. The van der Waals surface area contributed by atoms with Gasteiger partial charge in [-0.2, -0.15) is 0 Å². The van der Waals surface area contributed by atoms with Gasteiger partial charge < -0.3 is 15.1 Å². The van der Waals surface area contributed by atoms with E-state index in [2.05, 4.69) is 18.5 Å². The molecule has 0 atom stereocenters. The SMILES string of the molecule is C=CCN(CC=C)C(=O)C(=O)Nc1cccc(N(C)C)c1. The van der Waals surface area contributed by atoms with Gasteiger partial charge in [-0.1, -0.05) is 18.2 Å². The number of hydrogen-bond acceptors (Lipinski definition) is 3. The molecule has 2 amide bonds. The lowest BCUT2D eigenvalue weighted by Crippen LogP contribution is -2.39. The Kier molecular flexibility index (Phi) is 6.20. The third kappa shape index (κ3) is 4.80. The van der Waals surface area contributed by atoms with E-state index in [4.69, 9.17) is 0 Å². The summed E-state index contributed by atoms with van der Waals surface area (Å²) in [6, 6.07) is 7.28. The van der Waals surface area contributed by atoms with E-state index in [1.54, 1.807) is 24.3 Å². The Bertz CT molecular complexity index is 528. The molecule has 112 valence electrons. The van der Waals surface area contributed by atoms with Crippen molar-refractivity contribution in [3.05, 3.63) is 49.6 Å². The summed E-state index contributed by atoms with van der Waals surface area (Å²) in [5, 5.41) is 2.61. The van der Waals surface area contributed by atoms with E-state index in [0.29, 0.717) is 18.8 Å². The Morgan fingerprint density at radius 3 is 2.33 bits per heavy atom. The van der Waals surface area contributed by atoms with Crippen LogP contribution in [0, 0.1) is 0 Å². The van der Waals surface area contributed by atoms with Crippen molar-refractivity contribution in [1.29, 1.82) is 0 Å². The average molecular weight is 287 g/mol. The molecule has 1 aromatic carbocycles. The number of amides is 2. The highest BCUT2D eigenvalue weighted by atomic mass is 16.2. The summed E-state index contributed by atoms with van der Waals surface area (Å²) in [5.74, 6) is -1.28. The molecule has 0 aliphatic rings. The molecule has 5 nitrogen and oxygen atoms in total. The van der Waals surface area contributed by atoms with E-state index in [-0.39, 0.29) is 0 Å². The molecular formula is C16H21N3O2. The minimum atomic E-state index is -0.672. The highest BCUT2D eigenvalue weighted by molar-refractivity contribution is 6.39. The number of rotatable bonds is 6. The molecule has 21 heavy (non-hydrogen) atoms. The van der Waals surface area contributed by atoms with Crippen molar-refractivity contribution in [2.45, 2.75) is 0 Å². The first-order chi connectivity index (χ1) is 9.99. The zero-order chi connectivity index (χ0) is 15.8. The quantitative estimate of drug-likeness (QED) is 0.642. The minimum absolute atomic E-state index is 0.302. The minimum Gasteiger partial charge on any atom is -0.378 e. The van der Waals surface area contributed by atoms with Gasteiger partial charge in [0.1, 0.15) is 0 Å². The van der Waals surface area contributed by atoms with Crippen LogP contribution in [-0.2, 0) is 9.59 Å². The Labute approximate surface area is 125 Å². The van der Waals surface area contributed by atoms with Gasteiger partial charge >= 0.3 is 11.8 Å². The predicted octanol–water partition coefficient (Wildman–Crippen LogP) is 1.89. The molecule has 0 fully saturated rings. The van der Waals surface area contributed by atoms with Gasteiger partial charge in [0.2, 0.25) is 0 Å². The van der Waals surface area contributed by atoms with Crippen molar-refractivity contribution >= 4 is 23.2 Å². The first-order valence-corrected chi connectivity index (χ1v) is 6.59. The Morgan fingerprint density at radius 2 is 1.81 bits per heavy atom. The van der Waals surface area contributed by atoms with Crippen LogP contribution in [0.25, 0.3) is 0 Å². The molecule has 0 spiro atoms. The van der Waals surface area contributed by atoms with Gasteiger partial charge in [-0.15, -0.1) is 13.2 Å². The maximum absolute atomic E-state index is 12.1. The summed E-state index contributed by atoms with van der Waals surface area (Å²) in [6.07, 6.45) is 3.14. The van der Waals surface area contributed by atoms with Crippen molar-refractivity contribution in [2.24, 2.45) is 0 Å². The molecule has 0 aliphatic carbocycles. The first-order valence-electron chi connectivity index (χ1n) is 6.59. The standard InChI is InChI=1S/C16H21N3O2/c1-5-10-19(11-6-2)16(21)15(20)17-13-8-7-9-14(12-13)18(3)4/h5-9,12H,1-2,10-11H2,3-4H3,(H,17,20). The number of nitrogens with one attached hydrogen (secondary N) is 1. The molecule has 0 heterocycles. The van der Waals surface area contributed by atoms with Gasteiger partial charge in [-0.3, -0.25) is 9.59 Å². The van der Waals surface area contributed by atoms with E-state index in [9.17, 15) is 9.59 Å².